The van der Waals surface area contributed by atoms with Gasteiger partial charge in [-0.25, -0.2) is 57.5 Å². The van der Waals surface area contributed by atoms with Gasteiger partial charge in [0.25, 0.3) is 0 Å². The summed E-state index contributed by atoms with van der Waals surface area (Å²) in [5.41, 5.74) is 1.73. The summed E-state index contributed by atoms with van der Waals surface area (Å²) in [6.07, 6.45) is 0. The minimum absolute atomic E-state index is 0.00881. The molecule has 128 heavy (non-hydrogen) atoms. The lowest BCUT2D eigenvalue weighted by atomic mass is 9.95. The van der Waals surface area contributed by atoms with Gasteiger partial charge in [0.2, 0.25) is 0 Å². The number of ketones is 3. The highest BCUT2D eigenvalue weighted by Gasteiger charge is 2.30. The summed E-state index contributed by atoms with van der Waals surface area (Å²) in [4.78, 5) is 188. The van der Waals surface area contributed by atoms with Gasteiger partial charge >= 0.3 is 71.6 Å². The topological polar surface area (TPSA) is 514 Å². The molecule has 0 bridgehead atoms. The van der Waals surface area contributed by atoms with Crippen molar-refractivity contribution >= 4 is 89.0 Å². The SMILES string of the molecule is Cc1ccc(COC(=O)c2ccc(C(=O)c3ccc(C(=O)O)c(C(=O)OCc4ccc(C)cc4)c3)cc2C(=O)O)cc1.O=C(c1ccc(C(=O)OCc2ccc(CO)cc2)c(C(=O)O)c1)c1ccc(C(=O)O)c(C(=O)OCc2ccc(CO)cc2)c1.O=C(c1ccc(C(=O)OCc2ccc(O)cc2)c(C(=O)O)c1)c1ccc(C(=O)O)c(C(=O)OCc2ccc(O)cc2)c1. The van der Waals surface area contributed by atoms with Crippen molar-refractivity contribution < 1.29 is 151 Å². The van der Waals surface area contributed by atoms with Crippen LogP contribution in [0.3, 0.4) is 0 Å². The number of aliphatic hydroxyl groups excluding tert-OH is 2. The first-order chi connectivity index (χ1) is 61.2. The molecule has 31 heteroatoms. The fourth-order valence-corrected chi connectivity index (χ4v) is 12.1. The molecular weight excluding hydrogens is 1660 g/mol. The van der Waals surface area contributed by atoms with Crippen molar-refractivity contribution in [3.63, 3.8) is 0 Å². The van der Waals surface area contributed by atoms with Crippen molar-refractivity contribution in [3.05, 3.63) is 411 Å². The molecule has 0 spiro atoms. The van der Waals surface area contributed by atoms with E-state index in [1.165, 1.54) is 91.0 Å². The average Bonchev–Trinajstić information content (AvgIpc) is 0.801. The zero-order valence-electron chi connectivity index (χ0n) is 67.5. The molecule has 0 aromatic heterocycles. The van der Waals surface area contributed by atoms with Crippen molar-refractivity contribution in [2.24, 2.45) is 0 Å². The van der Waals surface area contributed by atoms with E-state index < -0.39 is 122 Å². The number of benzene rings is 12. The smallest absolute Gasteiger partial charge is 0.339 e. The van der Waals surface area contributed by atoms with E-state index >= 15 is 0 Å². The number of hydrogen-bond donors (Lipinski definition) is 10. The third-order valence-electron chi connectivity index (χ3n) is 19.1. The number of carboxylic acids is 6. The van der Waals surface area contributed by atoms with Crippen molar-refractivity contribution in [2.75, 3.05) is 0 Å². The quantitative estimate of drug-likeness (QED) is 0.0106. The molecule has 10 N–H and O–H groups in total. The Bertz CT molecular complexity index is 6050. The molecule has 0 heterocycles. The van der Waals surface area contributed by atoms with Crippen LogP contribution in [-0.4, -0.2) is 140 Å². The number of ether oxygens (including phenoxy) is 6. The standard InChI is InChI=1S/C33H26O11.C33H26O9.C31H22O11/c34-15-19-1-5-21(6-2-19)17-43-32(41)26-12-10-23(13-27(26)31(39)40)29(36)24-9-11-25(30(37)38)28(14-24)33(42)44-18-22-7-3-20(16-35)4-8-22;1-19-3-7-21(8-4-19)17-41-32(39)26-14-12-23(15-27(26)31(37)38)29(34)24-11-13-25(30(35)36)28(16-24)33(40)42-18-22-9-5-20(2)6-10-22;32-21-7-1-17(2-8-21)15-41-30(39)24-12-6-19(13-25(24)29(37)38)27(34)20-5-11-23(28(35)36)26(14-20)31(40)42-16-18-3-9-22(33)10-4-18/h1-14,34-35H,15-18H2,(H,37,38)(H,39,40);3-16H,17-18H2,1-2H3,(H,35,36)(H,37,38);1-14,32-33H,15-16H2,(H,35,36)(H,37,38). The van der Waals surface area contributed by atoms with E-state index in [-0.39, 0.29) is 131 Å². The Kier molecular flexibility index (Phi) is 31.3. The number of carbonyl (C=O) groups is 15. The third kappa shape index (κ3) is 24.6. The van der Waals surface area contributed by atoms with Crippen molar-refractivity contribution in [1.29, 1.82) is 0 Å². The number of rotatable bonds is 32. The Morgan fingerprint density at radius 1 is 0.203 bits per heavy atom. The van der Waals surface area contributed by atoms with Gasteiger partial charge in [0.1, 0.15) is 51.1 Å². The fraction of sp³-hybridized carbons (Fsp3) is 0.103. The van der Waals surface area contributed by atoms with E-state index in [9.17, 15) is 113 Å². The largest absolute Gasteiger partial charge is 0.508 e. The highest BCUT2D eigenvalue weighted by molar-refractivity contribution is 6.17. The summed E-state index contributed by atoms with van der Waals surface area (Å²) in [5, 5.41) is 95.0. The van der Waals surface area contributed by atoms with Gasteiger partial charge in [-0.2, -0.15) is 0 Å². The zero-order chi connectivity index (χ0) is 92.6. The Labute approximate surface area is 725 Å². The monoisotopic (exact) mass is 1730 g/mol. The van der Waals surface area contributed by atoms with E-state index in [0.717, 1.165) is 83.4 Å². The maximum absolute atomic E-state index is 13.3. The van der Waals surface area contributed by atoms with Crippen LogP contribution in [0.1, 0.15) is 228 Å². The first-order valence-corrected chi connectivity index (χ1v) is 38.1. The molecule has 0 aliphatic rings. The fourth-order valence-electron chi connectivity index (χ4n) is 12.1. The van der Waals surface area contributed by atoms with E-state index in [4.69, 9.17) is 38.6 Å². The predicted molar refractivity (Wildman–Crippen MR) is 449 cm³/mol. The lowest BCUT2D eigenvalue weighted by molar-refractivity contribution is 0.0458. The van der Waals surface area contributed by atoms with Crippen LogP contribution in [0.25, 0.3) is 0 Å². The van der Waals surface area contributed by atoms with Crippen LogP contribution in [0, 0.1) is 13.8 Å². The lowest BCUT2D eigenvalue weighted by Crippen LogP contribution is -2.15. The number of aliphatic hydroxyl groups is 2. The normalized spacial score (nSPS) is 10.5. The van der Waals surface area contributed by atoms with Crippen LogP contribution in [0.2, 0.25) is 0 Å². The van der Waals surface area contributed by atoms with Gasteiger partial charge in [-0.1, -0.05) is 169 Å². The van der Waals surface area contributed by atoms with Crippen LogP contribution in [0.5, 0.6) is 11.5 Å². The van der Waals surface area contributed by atoms with Crippen molar-refractivity contribution in [2.45, 2.75) is 66.7 Å². The summed E-state index contributed by atoms with van der Waals surface area (Å²) in [6.45, 7) is 2.54. The lowest BCUT2D eigenvalue weighted by Gasteiger charge is -2.11. The second-order valence-electron chi connectivity index (χ2n) is 28.1. The van der Waals surface area contributed by atoms with Gasteiger partial charge in [-0.05, 0) is 155 Å². The van der Waals surface area contributed by atoms with Crippen LogP contribution in [0.4, 0.5) is 0 Å². The number of carboxylic acid groups (broad SMARTS) is 6. The van der Waals surface area contributed by atoms with E-state index in [1.807, 2.05) is 38.1 Å². The molecular formula is C97H74O31. The summed E-state index contributed by atoms with van der Waals surface area (Å²) < 4.78 is 31.5. The predicted octanol–water partition coefficient (Wildman–Crippen LogP) is 14.1. The molecule has 0 amide bonds. The number of phenolic OH excluding ortho intramolecular Hbond substituents is 2. The number of aromatic hydroxyl groups is 2. The number of esters is 6. The molecule has 12 aromatic carbocycles. The average molecular weight is 1740 g/mol. The van der Waals surface area contributed by atoms with Gasteiger partial charge in [0.15, 0.2) is 17.3 Å². The number of aryl methyl sites for hydroxylation is 2. The van der Waals surface area contributed by atoms with Crippen LogP contribution >= 0.6 is 0 Å². The highest BCUT2D eigenvalue weighted by Crippen LogP contribution is 2.28. The van der Waals surface area contributed by atoms with Crippen LogP contribution in [0.15, 0.2) is 255 Å². The van der Waals surface area contributed by atoms with E-state index in [1.54, 1.807) is 72.8 Å². The second kappa shape index (κ2) is 43.0. The zero-order valence-corrected chi connectivity index (χ0v) is 67.5. The number of carbonyl (C=O) groups excluding carboxylic acids is 9. The molecule has 0 saturated carbocycles. The van der Waals surface area contributed by atoms with Gasteiger partial charge < -0.3 is 79.5 Å². The number of phenols is 2. The third-order valence-corrected chi connectivity index (χ3v) is 19.1. The molecule has 0 unspecified atom stereocenters. The molecule has 0 aliphatic heterocycles. The molecule has 12 aromatic rings. The van der Waals surface area contributed by atoms with Gasteiger partial charge in [0.05, 0.1) is 80.0 Å². The summed E-state index contributed by atoms with van der Waals surface area (Å²) in [5.74, 6) is -16.6. The van der Waals surface area contributed by atoms with Crippen molar-refractivity contribution in [1.82, 2.24) is 0 Å². The van der Waals surface area contributed by atoms with E-state index in [2.05, 4.69) is 0 Å². The minimum Gasteiger partial charge on any atom is -0.508 e. The molecule has 31 nitrogen and oxygen atoms in total. The summed E-state index contributed by atoms with van der Waals surface area (Å²) in [7, 11) is 0. The highest BCUT2D eigenvalue weighted by atomic mass is 16.6. The summed E-state index contributed by atoms with van der Waals surface area (Å²) in [6, 6.07) is 59.3. The number of hydrogen-bond acceptors (Lipinski definition) is 25. The first-order valence-electron chi connectivity index (χ1n) is 38.1. The molecule has 12 rings (SSSR count). The second-order valence-corrected chi connectivity index (χ2v) is 28.1. The Hall–Kier alpha value is -17.2. The van der Waals surface area contributed by atoms with Gasteiger partial charge in [0, 0.05) is 33.4 Å². The molecule has 0 fully saturated rings. The number of aromatic carboxylic acids is 6. The maximum Gasteiger partial charge on any atom is 0.339 e. The van der Waals surface area contributed by atoms with Crippen LogP contribution < -0.4 is 0 Å². The molecule has 0 radical (unpaired) electrons. The molecule has 648 valence electrons. The minimum atomic E-state index is -1.50. The first kappa shape index (κ1) is 93.1. The molecule has 0 saturated heterocycles. The van der Waals surface area contributed by atoms with Gasteiger partial charge in [-0.15, -0.1) is 0 Å². The van der Waals surface area contributed by atoms with Gasteiger partial charge in [-0.3, -0.25) is 14.4 Å². The van der Waals surface area contributed by atoms with E-state index in [0.29, 0.717) is 38.9 Å². The Morgan fingerprint density at radius 3 is 0.562 bits per heavy atom. The Balaban J connectivity index is 0.000000200. The summed E-state index contributed by atoms with van der Waals surface area (Å²) >= 11 is 0. The van der Waals surface area contributed by atoms with Crippen LogP contribution in [-0.2, 0) is 81.3 Å². The maximum atomic E-state index is 13.3. The molecule has 0 atom stereocenters. The van der Waals surface area contributed by atoms with Crippen molar-refractivity contribution in [3.8, 4) is 11.5 Å². The molecule has 0 aliphatic carbocycles. The Morgan fingerprint density at radius 2 is 0.367 bits per heavy atom.